The van der Waals surface area contributed by atoms with Crippen LogP contribution in [0.4, 0.5) is 8.78 Å². The van der Waals surface area contributed by atoms with Crippen molar-refractivity contribution in [2.45, 2.75) is 33.0 Å². The van der Waals surface area contributed by atoms with Crippen molar-refractivity contribution in [3.63, 3.8) is 0 Å². The third kappa shape index (κ3) is 6.87. The Labute approximate surface area is 156 Å². The molecule has 1 aromatic heterocycles. The summed E-state index contributed by atoms with van der Waals surface area (Å²) in [6.45, 7) is 1.46. The summed E-state index contributed by atoms with van der Waals surface area (Å²) in [6, 6.07) is 4.50. The number of hydrogen-bond donors (Lipinski definition) is 2. The van der Waals surface area contributed by atoms with Crippen molar-refractivity contribution in [3.8, 4) is 5.75 Å². The number of halogens is 3. The monoisotopic (exact) mass is 385 g/mol. The quantitative estimate of drug-likeness (QED) is 0.395. The Morgan fingerprint density at radius 2 is 2.23 bits per heavy atom. The number of hydrogen-bond acceptors (Lipinski definition) is 3. The first-order valence-electron chi connectivity index (χ1n) is 8.29. The van der Waals surface area contributed by atoms with Crippen molar-refractivity contribution >= 4 is 17.6 Å². The maximum Gasteiger partial charge on any atom is 0.387 e. The molecule has 9 heteroatoms. The number of guanidine groups is 1. The molecule has 0 aliphatic rings. The lowest BCUT2D eigenvalue weighted by Crippen LogP contribution is -2.38. The lowest BCUT2D eigenvalue weighted by atomic mass is 10.2. The topological polar surface area (TPSA) is 63.5 Å². The molecule has 0 aliphatic heterocycles. The summed E-state index contributed by atoms with van der Waals surface area (Å²) < 4.78 is 31.6. The summed E-state index contributed by atoms with van der Waals surface area (Å²) >= 11 is 5.95. The van der Waals surface area contributed by atoms with E-state index in [2.05, 4.69) is 25.3 Å². The predicted molar refractivity (Wildman–Crippen MR) is 97.7 cm³/mol. The Morgan fingerprint density at radius 3 is 2.92 bits per heavy atom. The van der Waals surface area contributed by atoms with E-state index >= 15 is 0 Å². The summed E-state index contributed by atoms with van der Waals surface area (Å²) in [4.78, 5) is 8.41. The van der Waals surface area contributed by atoms with Crippen LogP contribution in [0.25, 0.3) is 0 Å². The molecule has 2 rings (SSSR count). The summed E-state index contributed by atoms with van der Waals surface area (Å²) in [6.07, 6.45) is 6.30. The minimum absolute atomic E-state index is 0.0732. The largest absolute Gasteiger partial charge is 0.434 e. The Kier molecular flexibility index (Phi) is 8.14. The average molecular weight is 386 g/mol. The van der Waals surface area contributed by atoms with Crippen LogP contribution in [0.15, 0.2) is 41.9 Å². The normalized spacial score (nSPS) is 11.7. The van der Waals surface area contributed by atoms with Gasteiger partial charge in [0.05, 0.1) is 12.9 Å². The minimum atomic E-state index is -2.89. The summed E-state index contributed by atoms with van der Waals surface area (Å²) in [7, 11) is 0. The fourth-order valence-electron chi connectivity index (χ4n) is 2.28. The van der Waals surface area contributed by atoms with Crippen LogP contribution in [0.2, 0.25) is 5.02 Å². The van der Waals surface area contributed by atoms with Crippen molar-refractivity contribution in [2.24, 2.45) is 4.99 Å². The SMILES string of the molecule is CCNC(=NCc1cc(Cl)ccc1OC(F)F)NCCCn1ccnc1. The number of rotatable bonds is 9. The van der Waals surface area contributed by atoms with Crippen LogP contribution in [-0.4, -0.2) is 35.2 Å². The number of alkyl halides is 2. The molecule has 0 spiro atoms. The molecule has 0 saturated carbocycles. The first-order chi connectivity index (χ1) is 12.6. The molecule has 0 bridgehead atoms. The van der Waals surface area contributed by atoms with Gasteiger partial charge in [0.2, 0.25) is 0 Å². The van der Waals surface area contributed by atoms with Gasteiger partial charge in [0.15, 0.2) is 5.96 Å². The molecule has 0 unspecified atom stereocenters. The lowest BCUT2D eigenvalue weighted by Gasteiger charge is -2.13. The Balaban J connectivity index is 1.93. The highest BCUT2D eigenvalue weighted by atomic mass is 35.5. The zero-order valence-corrected chi connectivity index (χ0v) is 15.2. The summed E-state index contributed by atoms with van der Waals surface area (Å²) in [5.41, 5.74) is 0.494. The van der Waals surface area contributed by atoms with Gasteiger partial charge in [0.1, 0.15) is 5.75 Å². The molecular formula is C17H22ClF2N5O. The number of benzene rings is 1. The zero-order chi connectivity index (χ0) is 18.8. The molecule has 0 radical (unpaired) electrons. The van der Waals surface area contributed by atoms with E-state index in [0.29, 0.717) is 29.6 Å². The first kappa shape index (κ1) is 20.0. The highest BCUT2D eigenvalue weighted by Crippen LogP contribution is 2.25. The van der Waals surface area contributed by atoms with Crippen LogP contribution in [0.5, 0.6) is 5.75 Å². The van der Waals surface area contributed by atoms with E-state index in [-0.39, 0.29) is 12.3 Å². The van der Waals surface area contributed by atoms with Gasteiger partial charge in [-0.15, -0.1) is 0 Å². The maximum atomic E-state index is 12.5. The highest BCUT2D eigenvalue weighted by Gasteiger charge is 2.10. The molecular weight excluding hydrogens is 364 g/mol. The van der Waals surface area contributed by atoms with E-state index in [1.807, 2.05) is 17.7 Å². The van der Waals surface area contributed by atoms with E-state index in [9.17, 15) is 8.78 Å². The van der Waals surface area contributed by atoms with E-state index < -0.39 is 6.61 Å². The fourth-order valence-corrected chi connectivity index (χ4v) is 2.47. The van der Waals surface area contributed by atoms with Crippen LogP contribution in [0.1, 0.15) is 18.9 Å². The Morgan fingerprint density at radius 1 is 1.38 bits per heavy atom. The standard InChI is InChI=1S/C17H22ClF2N5O/c1-2-22-17(23-6-3-8-25-9-7-21-12-25)24-11-13-10-14(18)4-5-15(13)26-16(19)20/h4-5,7,9-10,12,16H,2-3,6,8,11H2,1H3,(H2,22,23,24). The number of aryl methyl sites for hydroxylation is 1. The van der Waals surface area contributed by atoms with Crippen LogP contribution < -0.4 is 15.4 Å². The van der Waals surface area contributed by atoms with E-state index in [0.717, 1.165) is 13.0 Å². The van der Waals surface area contributed by atoms with Crippen LogP contribution in [0.3, 0.4) is 0 Å². The number of aliphatic imine (C=N–C) groups is 1. The molecule has 142 valence electrons. The molecule has 2 N–H and O–H groups in total. The molecule has 26 heavy (non-hydrogen) atoms. The van der Waals surface area contributed by atoms with Gasteiger partial charge < -0.3 is 19.9 Å². The van der Waals surface area contributed by atoms with Gasteiger partial charge in [-0.2, -0.15) is 8.78 Å². The van der Waals surface area contributed by atoms with Crippen molar-refractivity contribution in [1.82, 2.24) is 20.2 Å². The van der Waals surface area contributed by atoms with Gasteiger partial charge in [-0.3, -0.25) is 0 Å². The second-order valence-electron chi connectivity index (χ2n) is 5.41. The van der Waals surface area contributed by atoms with Gasteiger partial charge in [-0.05, 0) is 31.5 Å². The zero-order valence-electron chi connectivity index (χ0n) is 14.5. The molecule has 1 aromatic carbocycles. The molecule has 0 aliphatic carbocycles. The average Bonchev–Trinajstić information content (AvgIpc) is 3.11. The van der Waals surface area contributed by atoms with Gasteiger partial charge in [-0.1, -0.05) is 11.6 Å². The third-order valence-corrected chi connectivity index (χ3v) is 3.67. The third-order valence-electron chi connectivity index (χ3n) is 3.44. The highest BCUT2D eigenvalue weighted by molar-refractivity contribution is 6.30. The lowest BCUT2D eigenvalue weighted by molar-refractivity contribution is -0.0504. The molecule has 0 amide bonds. The van der Waals surface area contributed by atoms with Crippen molar-refractivity contribution in [3.05, 3.63) is 47.5 Å². The molecule has 6 nitrogen and oxygen atoms in total. The molecule has 0 saturated heterocycles. The van der Waals surface area contributed by atoms with E-state index in [1.165, 1.54) is 12.1 Å². The molecule has 2 aromatic rings. The van der Waals surface area contributed by atoms with E-state index in [4.69, 9.17) is 11.6 Å². The number of nitrogens with zero attached hydrogens (tertiary/aromatic N) is 3. The van der Waals surface area contributed by atoms with Crippen LogP contribution in [0, 0.1) is 0 Å². The minimum Gasteiger partial charge on any atom is -0.434 e. The van der Waals surface area contributed by atoms with Gasteiger partial charge in [0, 0.05) is 42.6 Å². The van der Waals surface area contributed by atoms with Gasteiger partial charge >= 0.3 is 6.61 Å². The summed E-state index contributed by atoms with van der Waals surface area (Å²) in [5.74, 6) is 0.671. The molecule has 0 atom stereocenters. The second-order valence-corrected chi connectivity index (χ2v) is 5.84. The van der Waals surface area contributed by atoms with Crippen LogP contribution >= 0.6 is 11.6 Å². The van der Waals surface area contributed by atoms with Crippen molar-refractivity contribution in [1.29, 1.82) is 0 Å². The number of nitrogens with one attached hydrogen (secondary N) is 2. The number of aromatic nitrogens is 2. The summed E-state index contributed by atoms with van der Waals surface area (Å²) in [5, 5.41) is 6.77. The predicted octanol–water partition coefficient (Wildman–Crippen LogP) is 3.28. The molecule has 0 fully saturated rings. The number of imidazole rings is 1. The number of ether oxygens (including phenoxy) is 1. The fraction of sp³-hybridized carbons (Fsp3) is 0.412. The van der Waals surface area contributed by atoms with Crippen molar-refractivity contribution in [2.75, 3.05) is 13.1 Å². The molecule has 1 heterocycles. The Bertz CT molecular complexity index is 694. The van der Waals surface area contributed by atoms with E-state index in [1.54, 1.807) is 18.6 Å². The smallest absolute Gasteiger partial charge is 0.387 e. The van der Waals surface area contributed by atoms with Crippen LogP contribution in [-0.2, 0) is 13.1 Å². The Hall–Kier alpha value is -2.35. The second kappa shape index (κ2) is 10.6. The first-order valence-corrected chi connectivity index (χ1v) is 8.67. The van der Waals surface area contributed by atoms with Gasteiger partial charge in [0.25, 0.3) is 0 Å². The van der Waals surface area contributed by atoms with Gasteiger partial charge in [-0.25, -0.2) is 9.98 Å². The maximum absolute atomic E-state index is 12.5. The van der Waals surface area contributed by atoms with Crippen molar-refractivity contribution < 1.29 is 13.5 Å².